The zero-order valence-electron chi connectivity index (χ0n) is 11.0. The summed E-state index contributed by atoms with van der Waals surface area (Å²) in [5, 5.41) is 11.3. The second kappa shape index (κ2) is 6.65. The molecule has 0 fully saturated rings. The quantitative estimate of drug-likeness (QED) is 0.450. The first-order valence-electron chi connectivity index (χ1n) is 5.90. The maximum absolute atomic E-state index is 10.8. The fraction of sp³-hybridized carbons (Fsp3) is 0.143. The van der Waals surface area contributed by atoms with Gasteiger partial charge in [0.1, 0.15) is 5.75 Å². The zero-order valence-corrected chi connectivity index (χ0v) is 12.5. The summed E-state index contributed by atoms with van der Waals surface area (Å²) in [7, 11) is 1.41. The smallest absolute Gasteiger partial charge is 0.273 e. The Labute approximate surface area is 131 Å². The van der Waals surface area contributed by atoms with Crippen LogP contribution in [0.15, 0.2) is 36.4 Å². The fourth-order valence-electron chi connectivity index (χ4n) is 1.72. The van der Waals surface area contributed by atoms with E-state index in [9.17, 15) is 10.1 Å². The van der Waals surface area contributed by atoms with Crippen molar-refractivity contribution in [1.29, 1.82) is 0 Å². The molecule has 2 rings (SSSR count). The molecule has 0 aliphatic heterocycles. The van der Waals surface area contributed by atoms with Crippen LogP contribution in [0.1, 0.15) is 5.56 Å². The average molecular weight is 328 g/mol. The van der Waals surface area contributed by atoms with E-state index in [1.54, 1.807) is 18.2 Å². The third-order valence-corrected chi connectivity index (χ3v) is 3.27. The van der Waals surface area contributed by atoms with E-state index in [0.717, 1.165) is 0 Å². The van der Waals surface area contributed by atoms with E-state index >= 15 is 0 Å². The standard InChI is InChI=1S/C14H11Cl2NO4/c1-20-14-7-11(17(18)19)3-5-13(14)21-12-4-2-10(16)6-9(12)8-15/h2-7H,8H2,1H3. The first kappa shape index (κ1) is 15.4. The number of ether oxygens (including phenoxy) is 2. The summed E-state index contributed by atoms with van der Waals surface area (Å²) in [6.07, 6.45) is 0. The summed E-state index contributed by atoms with van der Waals surface area (Å²) >= 11 is 11.8. The molecule has 7 heteroatoms. The van der Waals surface area contributed by atoms with Gasteiger partial charge in [-0.15, -0.1) is 11.6 Å². The Kier molecular flexibility index (Phi) is 4.88. The lowest BCUT2D eigenvalue weighted by Gasteiger charge is -2.12. The first-order chi connectivity index (χ1) is 10.0. The molecular formula is C14H11Cl2NO4. The molecule has 0 spiro atoms. The number of hydrogen-bond acceptors (Lipinski definition) is 4. The Balaban J connectivity index is 2.37. The predicted molar refractivity (Wildman–Crippen MR) is 80.7 cm³/mol. The van der Waals surface area contributed by atoms with Gasteiger partial charge in [0.25, 0.3) is 5.69 Å². The van der Waals surface area contributed by atoms with Crippen molar-refractivity contribution in [1.82, 2.24) is 0 Å². The van der Waals surface area contributed by atoms with Crippen LogP contribution in [0.5, 0.6) is 17.2 Å². The number of hydrogen-bond donors (Lipinski definition) is 0. The van der Waals surface area contributed by atoms with Crippen molar-refractivity contribution in [3.05, 3.63) is 57.1 Å². The van der Waals surface area contributed by atoms with Crippen LogP contribution in [0.3, 0.4) is 0 Å². The van der Waals surface area contributed by atoms with Gasteiger partial charge < -0.3 is 9.47 Å². The maximum atomic E-state index is 10.8. The minimum absolute atomic E-state index is 0.0760. The van der Waals surface area contributed by atoms with Gasteiger partial charge in [-0.05, 0) is 24.3 Å². The highest BCUT2D eigenvalue weighted by Gasteiger charge is 2.14. The highest BCUT2D eigenvalue weighted by Crippen LogP contribution is 2.36. The molecule has 0 N–H and O–H groups in total. The largest absolute Gasteiger partial charge is 0.493 e. The normalized spacial score (nSPS) is 10.2. The number of rotatable bonds is 5. The summed E-state index contributed by atoms with van der Waals surface area (Å²) in [5.74, 6) is 1.36. The number of nitrogens with zero attached hydrogens (tertiary/aromatic N) is 1. The molecule has 5 nitrogen and oxygen atoms in total. The minimum atomic E-state index is -0.501. The average Bonchev–Trinajstić information content (AvgIpc) is 2.49. The Morgan fingerprint density at radius 3 is 2.48 bits per heavy atom. The maximum Gasteiger partial charge on any atom is 0.273 e. The van der Waals surface area contributed by atoms with Crippen molar-refractivity contribution in [3.8, 4) is 17.2 Å². The summed E-state index contributed by atoms with van der Waals surface area (Å²) in [4.78, 5) is 10.3. The second-order valence-corrected chi connectivity index (χ2v) is 4.78. The van der Waals surface area contributed by atoms with Crippen molar-refractivity contribution in [3.63, 3.8) is 0 Å². The topological polar surface area (TPSA) is 61.6 Å². The van der Waals surface area contributed by atoms with Crippen LogP contribution in [0.25, 0.3) is 0 Å². The van der Waals surface area contributed by atoms with Crippen LogP contribution in [0, 0.1) is 10.1 Å². The van der Waals surface area contributed by atoms with Crippen LogP contribution in [0.4, 0.5) is 5.69 Å². The van der Waals surface area contributed by atoms with E-state index in [-0.39, 0.29) is 17.3 Å². The van der Waals surface area contributed by atoms with Gasteiger partial charge in [-0.2, -0.15) is 0 Å². The molecule has 0 heterocycles. The molecule has 0 atom stereocenters. The molecule has 0 aromatic heterocycles. The fourth-order valence-corrected chi connectivity index (χ4v) is 2.13. The number of benzene rings is 2. The molecule has 2 aromatic carbocycles. The summed E-state index contributed by atoms with van der Waals surface area (Å²) in [6, 6.07) is 9.16. The van der Waals surface area contributed by atoms with Crippen molar-refractivity contribution in [2.75, 3.05) is 7.11 Å². The van der Waals surface area contributed by atoms with Gasteiger partial charge in [-0.3, -0.25) is 10.1 Å². The lowest BCUT2D eigenvalue weighted by Crippen LogP contribution is -1.95. The van der Waals surface area contributed by atoms with Crippen molar-refractivity contribution < 1.29 is 14.4 Å². The van der Waals surface area contributed by atoms with Crippen molar-refractivity contribution in [2.24, 2.45) is 0 Å². The highest BCUT2D eigenvalue weighted by molar-refractivity contribution is 6.30. The molecule has 0 radical (unpaired) electrons. The molecule has 0 unspecified atom stereocenters. The van der Waals surface area contributed by atoms with E-state index in [0.29, 0.717) is 22.1 Å². The van der Waals surface area contributed by atoms with E-state index in [2.05, 4.69) is 0 Å². The molecule has 110 valence electrons. The Hall–Kier alpha value is -1.98. The summed E-state index contributed by atoms with van der Waals surface area (Å²) in [6.45, 7) is 0. The van der Waals surface area contributed by atoms with E-state index < -0.39 is 4.92 Å². The van der Waals surface area contributed by atoms with Crippen LogP contribution >= 0.6 is 23.2 Å². The summed E-state index contributed by atoms with van der Waals surface area (Å²) < 4.78 is 10.8. The molecule has 0 amide bonds. The Morgan fingerprint density at radius 2 is 1.86 bits per heavy atom. The monoisotopic (exact) mass is 327 g/mol. The Morgan fingerprint density at radius 1 is 1.14 bits per heavy atom. The number of halogens is 2. The van der Waals surface area contributed by atoms with E-state index in [4.69, 9.17) is 32.7 Å². The van der Waals surface area contributed by atoms with Crippen molar-refractivity contribution >= 4 is 28.9 Å². The lowest BCUT2D eigenvalue weighted by molar-refractivity contribution is -0.384. The molecule has 0 bridgehead atoms. The van der Waals surface area contributed by atoms with Crippen LogP contribution < -0.4 is 9.47 Å². The first-order valence-corrected chi connectivity index (χ1v) is 6.81. The van der Waals surface area contributed by atoms with Gasteiger partial charge in [0.2, 0.25) is 0 Å². The van der Waals surface area contributed by atoms with Gasteiger partial charge in [0.15, 0.2) is 11.5 Å². The molecule has 2 aromatic rings. The number of non-ortho nitro benzene ring substituents is 1. The van der Waals surface area contributed by atoms with E-state index in [1.807, 2.05) is 0 Å². The van der Waals surface area contributed by atoms with Gasteiger partial charge >= 0.3 is 0 Å². The predicted octanol–water partition coefficient (Wildman–Crippen LogP) is 4.79. The number of nitro groups is 1. The Bertz CT molecular complexity index is 676. The van der Waals surface area contributed by atoms with Gasteiger partial charge in [-0.1, -0.05) is 11.6 Å². The third kappa shape index (κ3) is 3.56. The number of nitro benzene ring substituents is 1. The highest BCUT2D eigenvalue weighted by atomic mass is 35.5. The molecular weight excluding hydrogens is 317 g/mol. The molecule has 0 saturated carbocycles. The lowest BCUT2D eigenvalue weighted by atomic mass is 10.2. The molecule has 0 saturated heterocycles. The van der Waals surface area contributed by atoms with Gasteiger partial charge in [0.05, 0.1) is 24.0 Å². The number of methoxy groups -OCH3 is 1. The third-order valence-electron chi connectivity index (χ3n) is 2.74. The van der Waals surface area contributed by atoms with Crippen LogP contribution in [0.2, 0.25) is 5.02 Å². The SMILES string of the molecule is COc1cc([N+](=O)[O-])ccc1Oc1ccc(Cl)cc1CCl. The second-order valence-electron chi connectivity index (χ2n) is 4.08. The van der Waals surface area contributed by atoms with Crippen molar-refractivity contribution in [2.45, 2.75) is 5.88 Å². The molecule has 0 aliphatic carbocycles. The molecule has 21 heavy (non-hydrogen) atoms. The van der Waals surface area contributed by atoms with E-state index in [1.165, 1.54) is 25.3 Å². The summed E-state index contributed by atoms with van der Waals surface area (Å²) in [5.41, 5.74) is 0.637. The molecule has 0 aliphatic rings. The zero-order chi connectivity index (χ0) is 15.4. The van der Waals surface area contributed by atoms with Crippen LogP contribution in [-0.2, 0) is 5.88 Å². The van der Waals surface area contributed by atoms with Crippen LogP contribution in [-0.4, -0.2) is 12.0 Å². The van der Waals surface area contributed by atoms with Gasteiger partial charge in [-0.25, -0.2) is 0 Å². The number of alkyl halides is 1. The minimum Gasteiger partial charge on any atom is -0.493 e. The van der Waals surface area contributed by atoms with Gasteiger partial charge in [0, 0.05) is 16.7 Å².